The first-order valence-corrected chi connectivity index (χ1v) is 5.76. The van der Waals surface area contributed by atoms with E-state index in [1.165, 1.54) is 0 Å². The van der Waals surface area contributed by atoms with Gasteiger partial charge in [-0.05, 0) is 34.1 Å². The lowest BCUT2D eigenvalue weighted by molar-refractivity contribution is 0.0457. The SMILES string of the molecule is BrC1=C[C@H](c2cnc3ccccc3c2)ON1. The highest BCUT2D eigenvalue weighted by molar-refractivity contribution is 9.11. The molecule has 0 bridgehead atoms. The lowest BCUT2D eigenvalue weighted by Gasteiger charge is -2.07. The molecule has 80 valence electrons. The summed E-state index contributed by atoms with van der Waals surface area (Å²) in [4.78, 5) is 9.77. The van der Waals surface area contributed by atoms with E-state index in [9.17, 15) is 0 Å². The first kappa shape index (κ1) is 9.81. The Balaban J connectivity index is 2.05. The quantitative estimate of drug-likeness (QED) is 0.813. The summed E-state index contributed by atoms with van der Waals surface area (Å²) in [5.74, 6) is 0. The van der Waals surface area contributed by atoms with Crippen LogP contribution in [0, 0.1) is 0 Å². The minimum Gasteiger partial charge on any atom is -0.263 e. The minimum atomic E-state index is -0.0773. The van der Waals surface area contributed by atoms with Crippen LogP contribution in [0.1, 0.15) is 11.7 Å². The predicted octanol–water partition coefficient (Wildman–Crippen LogP) is 3.05. The molecule has 0 unspecified atom stereocenters. The number of rotatable bonds is 1. The second-order valence-electron chi connectivity index (χ2n) is 3.62. The topological polar surface area (TPSA) is 34.1 Å². The molecule has 16 heavy (non-hydrogen) atoms. The molecule has 0 saturated heterocycles. The van der Waals surface area contributed by atoms with Crippen molar-refractivity contribution in [2.24, 2.45) is 0 Å². The Hall–Kier alpha value is -1.39. The molecule has 0 spiro atoms. The minimum absolute atomic E-state index is 0.0773. The highest BCUT2D eigenvalue weighted by atomic mass is 79.9. The van der Waals surface area contributed by atoms with Crippen LogP contribution in [0.3, 0.4) is 0 Å². The van der Waals surface area contributed by atoms with Gasteiger partial charge in [-0.15, -0.1) is 0 Å². The van der Waals surface area contributed by atoms with Crippen molar-refractivity contribution in [3.63, 3.8) is 0 Å². The van der Waals surface area contributed by atoms with Crippen LogP contribution in [0.2, 0.25) is 0 Å². The van der Waals surface area contributed by atoms with Gasteiger partial charge in [0.05, 0.1) is 5.52 Å². The lowest BCUT2D eigenvalue weighted by atomic mass is 10.1. The molecular formula is C12H9BrN2O. The molecule has 1 atom stereocenters. The number of benzene rings is 1. The third-order valence-electron chi connectivity index (χ3n) is 2.52. The predicted molar refractivity (Wildman–Crippen MR) is 65.7 cm³/mol. The maximum Gasteiger partial charge on any atom is 0.133 e. The van der Waals surface area contributed by atoms with Crippen LogP contribution in [0.15, 0.2) is 47.2 Å². The monoisotopic (exact) mass is 276 g/mol. The number of nitrogens with one attached hydrogen (secondary N) is 1. The highest BCUT2D eigenvalue weighted by Gasteiger charge is 2.17. The largest absolute Gasteiger partial charge is 0.263 e. The number of halogens is 1. The molecular weight excluding hydrogens is 268 g/mol. The fourth-order valence-electron chi connectivity index (χ4n) is 1.73. The molecule has 1 N–H and O–H groups in total. The molecule has 0 amide bonds. The summed E-state index contributed by atoms with van der Waals surface area (Å²) in [6.07, 6.45) is 3.73. The van der Waals surface area contributed by atoms with Crippen molar-refractivity contribution in [2.75, 3.05) is 0 Å². The summed E-state index contributed by atoms with van der Waals surface area (Å²) in [5, 5.41) is 1.13. The van der Waals surface area contributed by atoms with E-state index in [1.54, 1.807) is 0 Å². The molecule has 4 heteroatoms. The Morgan fingerprint density at radius 3 is 3.00 bits per heavy atom. The molecule has 2 aromatic rings. The molecule has 1 aliphatic heterocycles. The second-order valence-corrected chi connectivity index (χ2v) is 4.47. The zero-order valence-electron chi connectivity index (χ0n) is 8.35. The Kier molecular flexibility index (Phi) is 2.38. The van der Waals surface area contributed by atoms with Crippen molar-refractivity contribution < 1.29 is 4.84 Å². The molecule has 2 heterocycles. The van der Waals surface area contributed by atoms with E-state index in [1.807, 2.05) is 36.5 Å². The van der Waals surface area contributed by atoms with Gasteiger partial charge in [0.15, 0.2) is 0 Å². The second kappa shape index (κ2) is 3.88. The zero-order chi connectivity index (χ0) is 11.0. The molecule has 3 rings (SSSR count). The summed E-state index contributed by atoms with van der Waals surface area (Å²) in [6.45, 7) is 0. The van der Waals surface area contributed by atoms with E-state index in [4.69, 9.17) is 4.84 Å². The third kappa shape index (κ3) is 1.70. The van der Waals surface area contributed by atoms with Crippen molar-refractivity contribution in [3.05, 3.63) is 52.8 Å². The number of pyridine rings is 1. The summed E-state index contributed by atoms with van der Waals surface area (Å²) >= 11 is 3.33. The average molecular weight is 277 g/mol. The molecule has 1 aliphatic rings. The summed E-state index contributed by atoms with van der Waals surface area (Å²) in [5.41, 5.74) is 4.81. The third-order valence-corrected chi connectivity index (χ3v) is 2.95. The van der Waals surface area contributed by atoms with Gasteiger partial charge in [0.25, 0.3) is 0 Å². The Morgan fingerprint density at radius 1 is 1.31 bits per heavy atom. The normalized spacial score (nSPS) is 19.6. The van der Waals surface area contributed by atoms with Gasteiger partial charge in [0.1, 0.15) is 10.7 Å². The van der Waals surface area contributed by atoms with E-state index < -0.39 is 0 Å². The lowest BCUT2D eigenvalue weighted by Crippen LogP contribution is -2.05. The van der Waals surface area contributed by atoms with Gasteiger partial charge in [-0.3, -0.25) is 15.3 Å². The number of para-hydroxylation sites is 1. The van der Waals surface area contributed by atoms with Crippen molar-refractivity contribution in [2.45, 2.75) is 6.10 Å². The van der Waals surface area contributed by atoms with Crippen LogP contribution in [0.25, 0.3) is 10.9 Å². The first-order valence-electron chi connectivity index (χ1n) is 4.96. The van der Waals surface area contributed by atoms with Crippen molar-refractivity contribution in [3.8, 4) is 0 Å². The number of nitrogens with zero attached hydrogens (tertiary/aromatic N) is 1. The Labute approximate surface area is 101 Å². The number of hydrogen-bond acceptors (Lipinski definition) is 3. The molecule has 0 fully saturated rings. The van der Waals surface area contributed by atoms with Gasteiger partial charge in [-0.2, -0.15) is 0 Å². The van der Waals surface area contributed by atoms with Gasteiger partial charge in [0, 0.05) is 17.1 Å². The van der Waals surface area contributed by atoms with E-state index in [0.717, 1.165) is 21.1 Å². The maximum atomic E-state index is 5.37. The van der Waals surface area contributed by atoms with E-state index in [2.05, 4.69) is 32.5 Å². The molecule has 3 nitrogen and oxygen atoms in total. The molecule has 1 aromatic carbocycles. The molecule has 0 aliphatic carbocycles. The fraction of sp³-hybridized carbons (Fsp3) is 0.0833. The Bertz CT molecular complexity index is 568. The van der Waals surface area contributed by atoms with Crippen molar-refractivity contribution in [1.29, 1.82) is 0 Å². The molecule has 0 radical (unpaired) electrons. The number of hydrogen-bond donors (Lipinski definition) is 1. The smallest absolute Gasteiger partial charge is 0.133 e. The van der Waals surface area contributed by atoms with Gasteiger partial charge in [0.2, 0.25) is 0 Å². The van der Waals surface area contributed by atoms with Gasteiger partial charge >= 0.3 is 0 Å². The number of hydroxylamine groups is 1. The van der Waals surface area contributed by atoms with Crippen LogP contribution in [0.4, 0.5) is 0 Å². The van der Waals surface area contributed by atoms with E-state index in [0.29, 0.717) is 0 Å². The van der Waals surface area contributed by atoms with Crippen LogP contribution in [-0.2, 0) is 4.84 Å². The summed E-state index contributed by atoms with van der Waals surface area (Å²) in [7, 11) is 0. The standard InChI is InChI=1S/C12H9BrN2O/c13-12-6-11(16-15-12)9-5-8-3-1-2-4-10(8)14-7-9/h1-7,11,15H/t11-/m1/s1. The van der Waals surface area contributed by atoms with Crippen LogP contribution >= 0.6 is 15.9 Å². The number of aromatic nitrogens is 1. The fourth-order valence-corrected chi connectivity index (χ4v) is 2.06. The van der Waals surface area contributed by atoms with E-state index >= 15 is 0 Å². The molecule has 1 aromatic heterocycles. The van der Waals surface area contributed by atoms with Gasteiger partial charge < -0.3 is 0 Å². The van der Waals surface area contributed by atoms with Gasteiger partial charge in [-0.25, -0.2) is 0 Å². The Morgan fingerprint density at radius 2 is 2.19 bits per heavy atom. The maximum absolute atomic E-state index is 5.37. The average Bonchev–Trinajstić information content (AvgIpc) is 2.75. The zero-order valence-corrected chi connectivity index (χ0v) is 9.94. The van der Waals surface area contributed by atoms with Crippen molar-refractivity contribution >= 4 is 26.8 Å². The summed E-state index contributed by atoms with van der Waals surface area (Å²) in [6, 6.07) is 10.1. The number of fused-ring (bicyclic) bond motifs is 1. The van der Waals surface area contributed by atoms with Crippen molar-refractivity contribution in [1.82, 2.24) is 10.5 Å². The van der Waals surface area contributed by atoms with Crippen LogP contribution in [0.5, 0.6) is 0 Å². The van der Waals surface area contributed by atoms with Crippen LogP contribution in [-0.4, -0.2) is 4.98 Å². The highest BCUT2D eigenvalue weighted by Crippen LogP contribution is 2.27. The summed E-state index contributed by atoms with van der Waals surface area (Å²) < 4.78 is 0.852. The van der Waals surface area contributed by atoms with Gasteiger partial charge in [-0.1, -0.05) is 18.2 Å². The first-order chi connectivity index (χ1) is 7.83. The molecule has 0 saturated carbocycles. The van der Waals surface area contributed by atoms with Crippen LogP contribution < -0.4 is 5.48 Å². The van der Waals surface area contributed by atoms with E-state index in [-0.39, 0.29) is 6.10 Å².